The predicted molar refractivity (Wildman–Crippen MR) is 164 cm³/mol. The maximum atomic E-state index is 12.5. The van der Waals surface area contributed by atoms with Crippen LogP contribution in [0.2, 0.25) is 0 Å². The molecule has 3 nitrogen and oxygen atoms in total. The zero-order valence-corrected chi connectivity index (χ0v) is 28.8. The van der Waals surface area contributed by atoms with E-state index in [1.807, 2.05) is 41.5 Å². The fraction of sp³-hybridized carbons (Fsp3) is 0.323. The number of halogens is 16. The summed E-state index contributed by atoms with van der Waals surface area (Å²) >= 11 is 14.7. The van der Waals surface area contributed by atoms with Crippen LogP contribution in [0.4, 0.5) is 57.1 Å². The van der Waals surface area contributed by atoms with Gasteiger partial charge in [0.1, 0.15) is 11.6 Å². The molecular formula is C31H28Cl3F13O3. The molecule has 0 unspecified atom stereocenters. The Hall–Kier alpha value is -3.37. The van der Waals surface area contributed by atoms with Crippen molar-refractivity contribution < 1.29 is 71.5 Å². The maximum Gasteiger partial charge on any atom is 0.417 e. The molecule has 0 aliphatic heterocycles. The van der Waals surface area contributed by atoms with Gasteiger partial charge in [0.05, 0.1) is 16.7 Å². The highest BCUT2D eigenvalue weighted by Crippen LogP contribution is 2.35. The normalized spacial score (nSPS) is 10.6. The quantitative estimate of drug-likeness (QED) is 0.195. The summed E-state index contributed by atoms with van der Waals surface area (Å²) in [6, 6.07) is 4.56. The molecule has 0 saturated carbocycles. The van der Waals surface area contributed by atoms with Crippen LogP contribution in [0.25, 0.3) is 0 Å². The zero-order valence-electron chi connectivity index (χ0n) is 26.5. The van der Waals surface area contributed by atoms with E-state index in [-0.39, 0.29) is 6.07 Å². The molecule has 3 aromatic carbocycles. The number of rotatable bonds is 4. The van der Waals surface area contributed by atoms with Crippen molar-refractivity contribution >= 4 is 50.5 Å². The lowest BCUT2D eigenvalue weighted by Crippen LogP contribution is -2.11. The molecule has 0 atom stereocenters. The summed E-state index contributed by atoms with van der Waals surface area (Å²) in [5, 5.41) is -3.95. The molecule has 3 aromatic rings. The van der Waals surface area contributed by atoms with Crippen molar-refractivity contribution in [1.82, 2.24) is 0 Å². The molecule has 19 heteroatoms. The summed E-state index contributed by atoms with van der Waals surface area (Å²) in [6.07, 6.45) is -17.3. The second kappa shape index (κ2) is 23.2. The van der Waals surface area contributed by atoms with Crippen molar-refractivity contribution in [2.75, 3.05) is 0 Å². The number of carbonyl (C=O) groups is 3. The van der Waals surface area contributed by atoms with E-state index in [1.165, 1.54) is 0 Å². The van der Waals surface area contributed by atoms with Crippen LogP contribution in [0.15, 0.2) is 54.6 Å². The van der Waals surface area contributed by atoms with Crippen LogP contribution in [-0.4, -0.2) is 15.7 Å². The van der Waals surface area contributed by atoms with Crippen molar-refractivity contribution in [3.63, 3.8) is 0 Å². The van der Waals surface area contributed by atoms with E-state index in [4.69, 9.17) is 34.8 Å². The molecule has 0 aliphatic carbocycles. The smallest absolute Gasteiger partial charge is 0.276 e. The molecule has 0 N–H and O–H groups in total. The lowest BCUT2D eigenvalue weighted by Gasteiger charge is -2.10. The number of hydrogen-bond donors (Lipinski definition) is 0. The van der Waals surface area contributed by atoms with E-state index >= 15 is 0 Å². The molecule has 0 aliphatic rings. The average molecular weight is 802 g/mol. The van der Waals surface area contributed by atoms with Crippen molar-refractivity contribution in [1.29, 1.82) is 0 Å². The Labute approximate surface area is 293 Å². The monoisotopic (exact) mass is 800 g/mol. The van der Waals surface area contributed by atoms with Crippen LogP contribution in [0.3, 0.4) is 0 Å². The maximum absolute atomic E-state index is 12.5. The summed E-state index contributed by atoms with van der Waals surface area (Å²) in [5.41, 5.74) is -7.06. The minimum atomic E-state index is -4.79. The lowest BCUT2D eigenvalue weighted by atomic mass is 10.0. The van der Waals surface area contributed by atoms with Crippen molar-refractivity contribution in [3.05, 3.63) is 105 Å². The van der Waals surface area contributed by atoms with Gasteiger partial charge in [-0.1, -0.05) is 47.6 Å². The van der Waals surface area contributed by atoms with Gasteiger partial charge in [0.15, 0.2) is 0 Å². The molecule has 0 heterocycles. The molecule has 0 amide bonds. The molecule has 3 rings (SSSR count). The zero-order chi connectivity index (χ0) is 40.4. The van der Waals surface area contributed by atoms with E-state index in [0.717, 1.165) is 6.07 Å². The fourth-order valence-electron chi connectivity index (χ4n) is 2.94. The standard InChI is InChI=1S/C9H4ClF5O.2C8H3ClF4O.3C2H6/c10-7(16)6-3-4(9(13,14)15)1-2-5(6)8(11)12;9-7(14)5-3-4(10)1-2-6(5)8(11,12)13;9-7(14)5-2-1-4(10)3-6(5)8(11,12)13;3*1-2/h1-3,8H;2*1-3H;3*1-2H3. The van der Waals surface area contributed by atoms with E-state index in [1.54, 1.807) is 0 Å². The number of alkyl halides is 11. The minimum absolute atomic E-state index is 0.232. The highest BCUT2D eigenvalue weighted by atomic mass is 35.5. The van der Waals surface area contributed by atoms with Crippen molar-refractivity contribution in [2.45, 2.75) is 66.5 Å². The average Bonchev–Trinajstić information content (AvgIpc) is 3.02. The van der Waals surface area contributed by atoms with Gasteiger partial charge >= 0.3 is 18.5 Å². The SMILES string of the molecule is CC.CC.CC.O=C(Cl)c1cc(C(F)(F)F)ccc1C(F)F.O=C(Cl)c1cc(F)ccc1C(F)(F)F.O=C(Cl)c1ccc(F)cc1C(F)(F)F. The Balaban J connectivity index is -0.000000616. The second-order valence-electron chi connectivity index (χ2n) is 7.80. The first-order chi connectivity index (χ1) is 22.9. The third kappa shape index (κ3) is 17.5. The van der Waals surface area contributed by atoms with Gasteiger partial charge in [-0.3, -0.25) is 14.4 Å². The number of hydrogen-bond acceptors (Lipinski definition) is 3. The van der Waals surface area contributed by atoms with Crippen LogP contribution in [0.1, 0.15) is 101 Å². The fourth-order valence-corrected chi connectivity index (χ4v) is 3.43. The molecule has 50 heavy (non-hydrogen) atoms. The van der Waals surface area contributed by atoms with Gasteiger partial charge < -0.3 is 0 Å². The Kier molecular flexibility index (Phi) is 23.6. The first-order valence-corrected chi connectivity index (χ1v) is 14.8. The Morgan fingerprint density at radius 2 is 0.900 bits per heavy atom. The van der Waals surface area contributed by atoms with Crippen molar-refractivity contribution in [3.8, 4) is 0 Å². The van der Waals surface area contributed by atoms with Gasteiger partial charge in [-0.25, -0.2) is 17.6 Å². The highest BCUT2D eigenvalue weighted by molar-refractivity contribution is 6.68. The molecule has 0 radical (unpaired) electrons. The Morgan fingerprint density at radius 3 is 1.26 bits per heavy atom. The Morgan fingerprint density at radius 1 is 0.500 bits per heavy atom. The summed E-state index contributed by atoms with van der Waals surface area (Å²) in [4.78, 5) is 31.8. The number of benzene rings is 3. The summed E-state index contributed by atoms with van der Waals surface area (Å²) < 4.78 is 160. The van der Waals surface area contributed by atoms with Gasteiger partial charge in [-0.05, 0) is 83.3 Å². The third-order valence-electron chi connectivity index (χ3n) is 4.83. The largest absolute Gasteiger partial charge is 0.417 e. The lowest BCUT2D eigenvalue weighted by molar-refractivity contribution is -0.138. The van der Waals surface area contributed by atoms with Crippen molar-refractivity contribution in [2.24, 2.45) is 0 Å². The first kappa shape index (κ1) is 51.0. The van der Waals surface area contributed by atoms with Gasteiger partial charge in [0, 0.05) is 22.3 Å². The summed E-state index contributed by atoms with van der Waals surface area (Å²) in [7, 11) is 0. The van der Waals surface area contributed by atoms with Crippen LogP contribution >= 0.6 is 34.8 Å². The van der Waals surface area contributed by atoms with E-state index in [0.29, 0.717) is 42.5 Å². The molecular weight excluding hydrogens is 774 g/mol. The van der Waals surface area contributed by atoms with Crippen LogP contribution in [-0.2, 0) is 18.5 Å². The number of carbonyl (C=O) groups excluding carboxylic acids is 3. The Bertz CT molecular complexity index is 1520. The van der Waals surface area contributed by atoms with Gasteiger partial charge in [-0.2, -0.15) is 39.5 Å². The molecule has 0 fully saturated rings. The summed E-state index contributed by atoms with van der Waals surface area (Å²) in [5.74, 6) is -2.01. The first-order valence-electron chi connectivity index (χ1n) is 13.7. The van der Waals surface area contributed by atoms with E-state index in [9.17, 15) is 71.5 Å². The predicted octanol–water partition coefficient (Wildman–Crippen LogP) is 13.5. The van der Waals surface area contributed by atoms with Crippen LogP contribution in [0.5, 0.6) is 0 Å². The van der Waals surface area contributed by atoms with Crippen LogP contribution in [0, 0.1) is 11.6 Å². The van der Waals surface area contributed by atoms with E-state index < -0.39 is 91.3 Å². The molecule has 0 saturated heterocycles. The highest BCUT2D eigenvalue weighted by Gasteiger charge is 2.36. The minimum Gasteiger partial charge on any atom is -0.276 e. The van der Waals surface area contributed by atoms with Gasteiger partial charge in [0.25, 0.3) is 22.2 Å². The molecule has 282 valence electrons. The topological polar surface area (TPSA) is 51.2 Å². The summed E-state index contributed by atoms with van der Waals surface area (Å²) in [6.45, 7) is 12.0. The molecule has 0 aromatic heterocycles. The van der Waals surface area contributed by atoms with Gasteiger partial charge in [0.2, 0.25) is 0 Å². The molecule has 0 bridgehead atoms. The second-order valence-corrected chi connectivity index (χ2v) is 8.83. The third-order valence-corrected chi connectivity index (χ3v) is 5.44. The molecule has 0 spiro atoms. The van der Waals surface area contributed by atoms with Crippen LogP contribution < -0.4 is 0 Å². The van der Waals surface area contributed by atoms with E-state index in [2.05, 4.69) is 0 Å². The van der Waals surface area contributed by atoms with Gasteiger partial charge in [-0.15, -0.1) is 0 Å².